The van der Waals surface area contributed by atoms with Gasteiger partial charge in [0.05, 0.1) is 0 Å². The van der Waals surface area contributed by atoms with E-state index in [9.17, 15) is 14.4 Å². The smallest absolute Gasteiger partial charge is 0.274 e. The first-order valence-corrected chi connectivity index (χ1v) is 9.26. The maximum absolute atomic E-state index is 12.7. The average Bonchev–Trinajstić information content (AvgIpc) is 2.70. The van der Waals surface area contributed by atoms with Gasteiger partial charge in [-0.2, -0.15) is 0 Å². The first-order valence-electron chi connectivity index (χ1n) is 9.26. The topological polar surface area (TPSA) is 82.6 Å². The minimum absolute atomic E-state index is 0.00962. The summed E-state index contributed by atoms with van der Waals surface area (Å²) in [5, 5.41) is 2.89. The fraction of sp³-hybridized carbons (Fsp3) is 0.333. The average molecular weight is 380 g/mol. The molecule has 1 aromatic carbocycles. The van der Waals surface area contributed by atoms with Crippen LogP contribution in [0.4, 0.5) is 5.69 Å². The summed E-state index contributed by atoms with van der Waals surface area (Å²) in [5.41, 5.74) is 3.10. The zero-order valence-electron chi connectivity index (χ0n) is 16.4. The van der Waals surface area contributed by atoms with E-state index in [4.69, 9.17) is 0 Å². The van der Waals surface area contributed by atoms with Gasteiger partial charge in [-0.25, -0.2) is 4.98 Å². The molecule has 0 saturated carbocycles. The normalized spacial score (nSPS) is 14.0. The van der Waals surface area contributed by atoms with Crippen molar-refractivity contribution >= 4 is 23.4 Å². The molecule has 0 radical (unpaired) electrons. The van der Waals surface area contributed by atoms with E-state index in [1.165, 1.54) is 6.92 Å². The number of hydrogen-bond donors (Lipinski definition) is 1. The van der Waals surface area contributed by atoms with Gasteiger partial charge in [0, 0.05) is 38.8 Å². The van der Waals surface area contributed by atoms with Crippen molar-refractivity contribution in [3.05, 3.63) is 58.9 Å². The standard InChI is InChI=1S/C21H24N4O3/c1-14-6-4-7-15(2)19(14)23-20(27)17-8-5-9-18(22-17)21(28)25-12-10-24(11-13-25)16(3)26/h4-9H,10-13H2,1-3H3,(H,23,27). The molecule has 0 bridgehead atoms. The minimum Gasteiger partial charge on any atom is -0.339 e. The predicted molar refractivity (Wildman–Crippen MR) is 106 cm³/mol. The van der Waals surface area contributed by atoms with Gasteiger partial charge in [0.25, 0.3) is 11.8 Å². The van der Waals surface area contributed by atoms with Crippen molar-refractivity contribution in [1.82, 2.24) is 14.8 Å². The number of pyridine rings is 1. The summed E-state index contributed by atoms with van der Waals surface area (Å²) < 4.78 is 0. The van der Waals surface area contributed by atoms with Gasteiger partial charge in [-0.05, 0) is 37.1 Å². The molecule has 2 heterocycles. The lowest BCUT2D eigenvalue weighted by molar-refractivity contribution is -0.130. The molecule has 28 heavy (non-hydrogen) atoms. The maximum atomic E-state index is 12.7. The Labute approximate surface area is 164 Å². The number of aromatic nitrogens is 1. The minimum atomic E-state index is -0.353. The van der Waals surface area contributed by atoms with E-state index >= 15 is 0 Å². The first kappa shape index (κ1) is 19.5. The number of para-hydroxylation sites is 1. The maximum Gasteiger partial charge on any atom is 0.274 e. The number of nitrogens with one attached hydrogen (secondary N) is 1. The molecule has 1 saturated heterocycles. The molecular weight excluding hydrogens is 356 g/mol. The predicted octanol–water partition coefficient (Wildman–Crippen LogP) is 2.26. The van der Waals surface area contributed by atoms with Crippen LogP contribution in [0.2, 0.25) is 0 Å². The van der Waals surface area contributed by atoms with Crippen molar-refractivity contribution in [3.8, 4) is 0 Å². The van der Waals surface area contributed by atoms with Crippen LogP contribution in [0.3, 0.4) is 0 Å². The number of carbonyl (C=O) groups excluding carboxylic acids is 3. The summed E-state index contributed by atoms with van der Waals surface area (Å²) in [5.74, 6) is -0.575. The van der Waals surface area contributed by atoms with Crippen LogP contribution < -0.4 is 5.32 Å². The summed E-state index contributed by atoms with van der Waals surface area (Å²) >= 11 is 0. The van der Waals surface area contributed by atoms with E-state index in [0.29, 0.717) is 26.2 Å². The van der Waals surface area contributed by atoms with Crippen molar-refractivity contribution in [2.24, 2.45) is 0 Å². The molecule has 0 atom stereocenters. The van der Waals surface area contributed by atoms with Crippen molar-refractivity contribution in [1.29, 1.82) is 0 Å². The molecule has 1 N–H and O–H groups in total. The van der Waals surface area contributed by atoms with E-state index < -0.39 is 0 Å². The Morgan fingerprint density at radius 2 is 1.39 bits per heavy atom. The van der Waals surface area contributed by atoms with Crippen LogP contribution in [0.25, 0.3) is 0 Å². The van der Waals surface area contributed by atoms with Gasteiger partial charge in [0.2, 0.25) is 5.91 Å². The van der Waals surface area contributed by atoms with Crippen molar-refractivity contribution in [2.45, 2.75) is 20.8 Å². The third kappa shape index (κ3) is 4.19. The molecule has 3 rings (SSSR count). The molecule has 7 nitrogen and oxygen atoms in total. The van der Waals surface area contributed by atoms with E-state index in [0.717, 1.165) is 16.8 Å². The number of carbonyl (C=O) groups is 3. The number of hydrogen-bond acceptors (Lipinski definition) is 4. The lowest BCUT2D eigenvalue weighted by Gasteiger charge is -2.34. The Balaban J connectivity index is 1.72. The van der Waals surface area contributed by atoms with Gasteiger partial charge in [0.15, 0.2) is 0 Å². The molecule has 1 aromatic heterocycles. The zero-order valence-corrected chi connectivity index (χ0v) is 16.4. The Morgan fingerprint density at radius 3 is 2.00 bits per heavy atom. The van der Waals surface area contributed by atoms with Gasteiger partial charge in [-0.3, -0.25) is 14.4 Å². The Kier molecular flexibility index (Phi) is 5.73. The molecule has 1 fully saturated rings. The van der Waals surface area contributed by atoms with Crippen molar-refractivity contribution < 1.29 is 14.4 Å². The van der Waals surface area contributed by atoms with E-state index in [1.54, 1.807) is 28.0 Å². The molecule has 146 valence electrons. The molecule has 2 aromatic rings. The second-order valence-electron chi connectivity index (χ2n) is 6.93. The number of piperazine rings is 1. The quantitative estimate of drug-likeness (QED) is 0.885. The van der Waals surface area contributed by atoms with E-state index in [2.05, 4.69) is 10.3 Å². The monoisotopic (exact) mass is 380 g/mol. The van der Waals surface area contributed by atoms with E-state index in [1.807, 2.05) is 32.0 Å². The van der Waals surface area contributed by atoms with Crippen LogP contribution in [0.15, 0.2) is 36.4 Å². The summed E-state index contributed by atoms with van der Waals surface area (Å²) in [7, 11) is 0. The molecular formula is C21H24N4O3. The van der Waals surface area contributed by atoms with Crippen LogP contribution in [0.5, 0.6) is 0 Å². The lowest BCUT2D eigenvalue weighted by atomic mass is 10.1. The highest BCUT2D eigenvalue weighted by Gasteiger charge is 2.24. The highest BCUT2D eigenvalue weighted by molar-refractivity contribution is 6.04. The fourth-order valence-electron chi connectivity index (χ4n) is 3.26. The molecule has 3 amide bonds. The Bertz CT molecular complexity index is 897. The second-order valence-corrected chi connectivity index (χ2v) is 6.93. The number of anilines is 1. The van der Waals surface area contributed by atoms with E-state index in [-0.39, 0.29) is 29.1 Å². The molecule has 0 aliphatic carbocycles. The van der Waals surface area contributed by atoms with Gasteiger partial charge in [-0.15, -0.1) is 0 Å². The van der Waals surface area contributed by atoms with Gasteiger partial charge < -0.3 is 15.1 Å². The van der Waals surface area contributed by atoms with Crippen LogP contribution in [0, 0.1) is 13.8 Å². The first-order chi connectivity index (χ1) is 13.4. The van der Waals surface area contributed by atoms with Gasteiger partial charge in [0.1, 0.15) is 11.4 Å². The summed E-state index contributed by atoms with van der Waals surface area (Å²) in [6.07, 6.45) is 0. The summed E-state index contributed by atoms with van der Waals surface area (Å²) in [4.78, 5) is 44.5. The number of amides is 3. The third-order valence-electron chi connectivity index (χ3n) is 4.93. The molecule has 1 aliphatic heterocycles. The van der Waals surface area contributed by atoms with Gasteiger partial charge >= 0.3 is 0 Å². The van der Waals surface area contributed by atoms with Crippen LogP contribution in [0.1, 0.15) is 39.0 Å². The Hall–Kier alpha value is -3.22. The fourth-order valence-corrected chi connectivity index (χ4v) is 3.26. The number of aryl methyl sites for hydroxylation is 2. The number of nitrogens with zero attached hydrogens (tertiary/aromatic N) is 3. The van der Waals surface area contributed by atoms with Crippen molar-refractivity contribution in [3.63, 3.8) is 0 Å². The van der Waals surface area contributed by atoms with Crippen LogP contribution in [-0.2, 0) is 4.79 Å². The zero-order chi connectivity index (χ0) is 20.3. The van der Waals surface area contributed by atoms with Gasteiger partial charge in [-0.1, -0.05) is 24.3 Å². The largest absolute Gasteiger partial charge is 0.339 e. The highest BCUT2D eigenvalue weighted by atomic mass is 16.2. The molecule has 7 heteroatoms. The molecule has 0 unspecified atom stereocenters. The van der Waals surface area contributed by atoms with Crippen molar-refractivity contribution in [2.75, 3.05) is 31.5 Å². The van der Waals surface area contributed by atoms with Crippen LogP contribution >= 0.6 is 0 Å². The SMILES string of the molecule is CC(=O)N1CCN(C(=O)c2cccc(C(=O)Nc3c(C)cccc3C)n2)CC1. The van der Waals surface area contributed by atoms with Crippen LogP contribution in [-0.4, -0.2) is 58.7 Å². The Morgan fingerprint density at radius 1 is 0.857 bits per heavy atom. The summed E-state index contributed by atoms with van der Waals surface area (Å²) in [6, 6.07) is 10.6. The second kappa shape index (κ2) is 8.21. The molecule has 1 aliphatic rings. The molecule has 0 spiro atoms. The highest BCUT2D eigenvalue weighted by Crippen LogP contribution is 2.20. The third-order valence-corrected chi connectivity index (χ3v) is 4.93. The summed E-state index contributed by atoms with van der Waals surface area (Å²) in [6.45, 7) is 7.31. The number of rotatable bonds is 3. The number of benzene rings is 1. The lowest BCUT2D eigenvalue weighted by Crippen LogP contribution is -2.50.